The Balaban J connectivity index is 1.62. The smallest absolute Gasteiger partial charge is 0.214 e. The van der Waals surface area contributed by atoms with E-state index in [1.807, 2.05) is 6.92 Å². The van der Waals surface area contributed by atoms with E-state index in [0.717, 1.165) is 43.6 Å². The number of aromatic nitrogens is 2. The van der Waals surface area contributed by atoms with Crippen LogP contribution in [0.3, 0.4) is 0 Å². The maximum atomic E-state index is 12.2. The molecule has 1 aliphatic heterocycles. The van der Waals surface area contributed by atoms with E-state index in [-0.39, 0.29) is 5.75 Å². The monoisotopic (exact) mass is 324 g/mol. The van der Waals surface area contributed by atoms with Crippen molar-refractivity contribution in [3.05, 3.63) is 17.3 Å². The summed E-state index contributed by atoms with van der Waals surface area (Å²) in [5.41, 5.74) is 2.44. The standard InChI is InChI=1S/C15H24N4O2S/c1-2-3-11-22(20,21)19-9-7-18(8-10-19)15-12-13-5-4-6-14(13)16-17-15/h12H,2-11H2,1H3. The van der Waals surface area contributed by atoms with Crippen LogP contribution < -0.4 is 4.90 Å². The van der Waals surface area contributed by atoms with Crippen molar-refractivity contribution in [2.75, 3.05) is 36.8 Å². The molecule has 1 aromatic rings. The molecule has 2 aliphatic rings. The summed E-state index contributed by atoms with van der Waals surface area (Å²) in [5.74, 6) is 1.16. The van der Waals surface area contributed by atoms with Gasteiger partial charge in [-0.2, -0.15) is 9.40 Å². The van der Waals surface area contributed by atoms with Gasteiger partial charge < -0.3 is 4.90 Å². The zero-order valence-electron chi connectivity index (χ0n) is 13.2. The molecule has 7 heteroatoms. The fourth-order valence-corrected chi connectivity index (χ4v) is 4.75. The van der Waals surface area contributed by atoms with Crippen LogP contribution in [-0.4, -0.2) is 54.9 Å². The van der Waals surface area contributed by atoms with Crippen molar-refractivity contribution in [1.82, 2.24) is 14.5 Å². The highest BCUT2D eigenvalue weighted by molar-refractivity contribution is 7.89. The Kier molecular flexibility index (Phi) is 4.63. The first-order valence-electron chi connectivity index (χ1n) is 8.18. The zero-order valence-corrected chi connectivity index (χ0v) is 14.0. The lowest BCUT2D eigenvalue weighted by Gasteiger charge is -2.34. The molecule has 2 heterocycles. The third-order valence-corrected chi connectivity index (χ3v) is 6.48. The average Bonchev–Trinajstić information content (AvgIpc) is 3.00. The third-order valence-electron chi connectivity index (χ3n) is 4.52. The van der Waals surface area contributed by atoms with Gasteiger partial charge in [-0.3, -0.25) is 0 Å². The lowest BCUT2D eigenvalue weighted by atomic mass is 10.2. The largest absolute Gasteiger partial charge is 0.352 e. The van der Waals surface area contributed by atoms with E-state index in [4.69, 9.17) is 0 Å². The van der Waals surface area contributed by atoms with Gasteiger partial charge in [-0.05, 0) is 37.3 Å². The number of aryl methyl sites for hydroxylation is 2. The van der Waals surface area contributed by atoms with Crippen LogP contribution in [0, 0.1) is 0 Å². The van der Waals surface area contributed by atoms with Crippen LogP contribution in [0.5, 0.6) is 0 Å². The van der Waals surface area contributed by atoms with Gasteiger partial charge >= 0.3 is 0 Å². The van der Waals surface area contributed by atoms with Crippen LogP contribution in [-0.2, 0) is 22.9 Å². The number of hydrogen-bond acceptors (Lipinski definition) is 5. The lowest BCUT2D eigenvalue weighted by Crippen LogP contribution is -2.49. The number of nitrogens with zero attached hydrogens (tertiary/aromatic N) is 4. The van der Waals surface area contributed by atoms with Crippen LogP contribution in [0.4, 0.5) is 5.82 Å². The van der Waals surface area contributed by atoms with Gasteiger partial charge in [0.15, 0.2) is 5.82 Å². The van der Waals surface area contributed by atoms with Crippen LogP contribution in [0.25, 0.3) is 0 Å². The fraction of sp³-hybridized carbons (Fsp3) is 0.733. The molecule has 1 fully saturated rings. The van der Waals surface area contributed by atoms with E-state index in [1.165, 1.54) is 5.56 Å². The second kappa shape index (κ2) is 6.50. The van der Waals surface area contributed by atoms with E-state index in [9.17, 15) is 8.42 Å². The maximum absolute atomic E-state index is 12.2. The van der Waals surface area contributed by atoms with Crippen molar-refractivity contribution in [1.29, 1.82) is 0 Å². The van der Waals surface area contributed by atoms with Crippen LogP contribution in [0.1, 0.15) is 37.4 Å². The number of rotatable bonds is 5. The fourth-order valence-electron chi connectivity index (χ4n) is 3.12. The molecule has 1 saturated heterocycles. The summed E-state index contributed by atoms with van der Waals surface area (Å²) < 4.78 is 26.1. The highest BCUT2D eigenvalue weighted by atomic mass is 32.2. The molecule has 0 bridgehead atoms. The third kappa shape index (κ3) is 3.25. The number of hydrogen-bond donors (Lipinski definition) is 0. The minimum Gasteiger partial charge on any atom is -0.352 e. The number of unbranched alkanes of at least 4 members (excludes halogenated alkanes) is 1. The quantitative estimate of drug-likeness (QED) is 0.815. The van der Waals surface area contributed by atoms with Gasteiger partial charge in [-0.1, -0.05) is 13.3 Å². The van der Waals surface area contributed by atoms with Crippen molar-refractivity contribution < 1.29 is 8.42 Å². The van der Waals surface area contributed by atoms with Crippen molar-refractivity contribution in [3.8, 4) is 0 Å². The maximum Gasteiger partial charge on any atom is 0.214 e. The Morgan fingerprint density at radius 2 is 1.91 bits per heavy atom. The Morgan fingerprint density at radius 1 is 1.14 bits per heavy atom. The van der Waals surface area contributed by atoms with Crippen molar-refractivity contribution in [3.63, 3.8) is 0 Å². The van der Waals surface area contributed by atoms with E-state index in [2.05, 4.69) is 21.2 Å². The molecule has 6 nitrogen and oxygen atoms in total. The first-order chi connectivity index (χ1) is 10.6. The van der Waals surface area contributed by atoms with E-state index >= 15 is 0 Å². The van der Waals surface area contributed by atoms with Gasteiger partial charge in [0.05, 0.1) is 11.4 Å². The summed E-state index contributed by atoms with van der Waals surface area (Å²) in [6.45, 7) is 4.49. The number of piperazine rings is 1. The van der Waals surface area contributed by atoms with Gasteiger partial charge in [0.2, 0.25) is 10.0 Å². The van der Waals surface area contributed by atoms with Crippen molar-refractivity contribution >= 4 is 15.8 Å². The summed E-state index contributed by atoms with van der Waals surface area (Å²) in [7, 11) is -3.09. The molecule has 3 rings (SSSR count). The van der Waals surface area contributed by atoms with Crippen molar-refractivity contribution in [2.45, 2.75) is 39.0 Å². The second-order valence-electron chi connectivity index (χ2n) is 6.08. The molecule has 122 valence electrons. The molecule has 1 aromatic heterocycles. The minimum absolute atomic E-state index is 0.266. The average molecular weight is 324 g/mol. The molecule has 0 radical (unpaired) electrons. The van der Waals surface area contributed by atoms with Gasteiger partial charge in [-0.25, -0.2) is 8.42 Å². The van der Waals surface area contributed by atoms with Gasteiger partial charge in [0.25, 0.3) is 0 Å². The first kappa shape index (κ1) is 15.7. The summed E-state index contributed by atoms with van der Waals surface area (Å²) in [6, 6.07) is 2.14. The molecule has 22 heavy (non-hydrogen) atoms. The van der Waals surface area contributed by atoms with Gasteiger partial charge in [-0.15, -0.1) is 5.10 Å². The normalized spacial score (nSPS) is 19.4. The topological polar surface area (TPSA) is 66.4 Å². The van der Waals surface area contributed by atoms with E-state index in [0.29, 0.717) is 26.2 Å². The highest BCUT2D eigenvalue weighted by Gasteiger charge is 2.27. The molecule has 0 amide bonds. The van der Waals surface area contributed by atoms with Gasteiger partial charge in [0, 0.05) is 26.2 Å². The van der Waals surface area contributed by atoms with Crippen molar-refractivity contribution in [2.24, 2.45) is 0 Å². The predicted molar refractivity (Wildman–Crippen MR) is 86.5 cm³/mol. The molecule has 0 aromatic carbocycles. The SMILES string of the molecule is CCCCS(=O)(=O)N1CCN(c2cc3c(nn2)CCC3)CC1. The molecule has 0 spiro atoms. The Labute approximate surface area is 132 Å². The molecular weight excluding hydrogens is 300 g/mol. The molecule has 0 unspecified atom stereocenters. The van der Waals surface area contributed by atoms with Gasteiger partial charge in [0.1, 0.15) is 0 Å². The molecule has 0 N–H and O–H groups in total. The zero-order chi connectivity index (χ0) is 15.6. The van der Waals surface area contributed by atoms with Crippen LogP contribution >= 0.6 is 0 Å². The van der Waals surface area contributed by atoms with E-state index < -0.39 is 10.0 Å². The first-order valence-corrected chi connectivity index (χ1v) is 9.79. The molecule has 0 saturated carbocycles. The number of anilines is 1. The number of fused-ring (bicyclic) bond motifs is 1. The molecular formula is C15H24N4O2S. The predicted octanol–water partition coefficient (Wildman–Crippen LogP) is 1.22. The molecule has 0 atom stereocenters. The summed E-state index contributed by atoms with van der Waals surface area (Å²) >= 11 is 0. The van der Waals surface area contributed by atoms with Crippen LogP contribution in [0.2, 0.25) is 0 Å². The lowest BCUT2D eigenvalue weighted by molar-refractivity contribution is 0.382. The minimum atomic E-state index is -3.09. The molecule has 1 aliphatic carbocycles. The highest BCUT2D eigenvalue weighted by Crippen LogP contribution is 2.23. The Morgan fingerprint density at radius 3 is 2.64 bits per heavy atom. The second-order valence-corrected chi connectivity index (χ2v) is 8.17. The summed E-state index contributed by atoms with van der Waals surface area (Å²) in [4.78, 5) is 2.15. The van der Waals surface area contributed by atoms with E-state index in [1.54, 1.807) is 4.31 Å². The van der Waals surface area contributed by atoms with Crippen LogP contribution in [0.15, 0.2) is 6.07 Å². The summed E-state index contributed by atoms with van der Waals surface area (Å²) in [6.07, 6.45) is 4.93. The summed E-state index contributed by atoms with van der Waals surface area (Å²) in [5, 5.41) is 8.64. The number of sulfonamides is 1. The Bertz CT molecular complexity index is 624. The Hall–Kier alpha value is -1.21.